The van der Waals surface area contributed by atoms with Crippen molar-refractivity contribution in [2.24, 2.45) is 0 Å². The number of nitrogen functional groups attached to an aromatic ring is 1. The van der Waals surface area contributed by atoms with Crippen molar-refractivity contribution in [3.63, 3.8) is 0 Å². The Morgan fingerprint density at radius 2 is 2.00 bits per heavy atom. The molecule has 1 unspecified atom stereocenters. The molecule has 0 amide bonds. The number of pyridine rings is 1. The fourth-order valence-corrected chi connectivity index (χ4v) is 3.56. The van der Waals surface area contributed by atoms with Gasteiger partial charge in [-0.05, 0) is 24.5 Å². The SMILES string of the molecule is CC(C)c1c[nH]c2cnc(C(C)Sc3nc(N)cc(Cl)n3)cc12. The lowest BCUT2D eigenvalue weighted by Gasteiger charge is -2.11. The molecule has 120 valence electrons. The number of aromatic nitrogens is 4. The molecule has 0 saturated heterocycles. The molecule has 3 N–H and O–H groups in total. The van der Waals surface area contributed by atoms with Gasteiger partial charge in [-0.25, -0.2) is 9.97 Å². The highest BCUT2D eigenvalue weighted by atomic mass is 35.5. The molecule has 23 heavy (non-hydrogen) atoms. The van der Waals surface area contributed by atoms with Gasteiger partial charge in [-0.3, -0.25) is 4.98 Å². The second-order valence-electron chi connectivity index (χ2n) is 5.71. The summed E-state index contributed by atoms with van der Waals surface area (Å²) in [6.07, 6.45) is 3.93. The van der Waals surface area contributed by atoms with Crippen LogP contribution in [0.4, 0.5) is 5.82 Å². The van der Waals surface area contributed by atoms with Crippen LogP contribution in [0.1, 0.15) is 43.2 Å². The van der Waals surface area contributed by atoms with Crippen molar-refractivity contribution in [3.8, 4) is 0 Å². The van der Waals surface area contributed by atoms with Crippen LogP contribution in [-0.2, 0) is 0 Å². The number of H-pyrrole nitrogens is 1. The molecule has 0 aliphatic heterocycles. The molecule has 0 aliphatic rings. The predicted octanol–water partition coefficient (Wildman–Crippen LogP) is 4.57. The zero-order valence-electron chi connectivity index (χ0n) is 13.2. The van der Waals surface area contributed by atoms with Crippen molar-refractivity contribution in [2.75, 3.05) is 5.73 Å². The maximum absolute atomic E-state index is 5.93. The summed E-state index contributed by atoms with van der Waals surface area (Å²) < 4.78 is 0. The molecular formula is C16H18ClN5S. The molecule has 1 atom stereocenters. The van der Waals surface area contributed by atoms with Crippen molar-refractivity contribution < 1.29 is 0 Å². The van der Waals surface area contributed by atoms with Crippen LogP contribution < -0.4 is 5.73 Å². The number of nitrogens with two attached hydrogens (primary N) is 1. The van der Waals surface area contributed by atoms with E-state index >= 15 is 0 Å². The van der Waals surface area contributed by atoms with Gasteiger partial charge in [-0.1, -0.05) is 37.2 Å². The van der Waals surface area contributed by atoms with Gasteiger partial charge in [-0.2, -0.15) is 0 Å². The Morgan fingerprint density at radius 1 is 1.22 bits per heavy atom. The quantitative estimate of drug-likeness (QED) is 0.410. The van der Waals surface area contributed by atoms with Crippen LogP contribution >= 0.6 is 23.4 Å². The summed E-state index contributed by atoms with van der Waals surface area (Å²) in [6.45, 7) is 6.44. The van der Waals surface area contributed by atoms with Crippen LogP contribution in [0, 0.1) is 0 Å². The van der Waals surface area contributed by atoms with E-state index < -0.39 is 0 Å². The number of aromatic amines is 1. The molecule has 0 aromatic carbocycles. The molecule has 3 heterocycles. The Bertz CT molecular complexity index is 825. The van der Waals surface area contributed by atoms with Crippen LogP contribution in [-0.4, -0.2) is 19.9 Å². The summed E-state index contributed by atoms with van der Waals surface area (Å²) in [4.78, 5) is 16.2. The van der Waals surface area contributed by atoms with Crippen molar-refractivity contribution in [1.29, 1.82) is 0 Å². The number of halogens is 1. The Hall–Kier alpha value is -1.79. The molecule has 7 heteroatoms. The van der Waals surface area contributed by atoms with Gasteiger partial charge in [0.2, 0.25) is 0 Å². The lowest BCUT2D eigenvalue weighted by atomic mass is 10.0. The minimum Gasteiger partial charge on any atom is -0.384 e. The first-order valence-electron chi connectivity index (χ1n) is 7.37. The summed E-state index contributed by atoms with van der Waals surface area (Å²) in [5, 5.41) is 2.21. The van der Waals surface area contributed by atoms with Crippen molar-refractivity contribution in [1.82, 2.24) is 19.9 Å². The van der Waals surface area contributed by atoms with Gasteiger partial charge in [0, 0.05) is 17.6 Å². The average molecular weight is 348 g/mol. The number of nitrogens with one attached hydrogen (secondary N) is 1. The predicted molar refractivity (Wildman–Crippen MR) is 95.9 cm³/mol. The Labute approximate surface area is 144 Å². The minimum atomic E-state index is 0.0900. The Kier molecular flexibility index (Phi) is 4.46. The number of fused-ring (bicyclic) bond motifs is 1. The molecule has 0 saturated carbocycles. The smallest absolute Gasteiger partial charge is 0.191 e. The maximum atomic E-state index is 5.93. The van der Waals surface area contributed by atoms with E-state index in [4.69, 9.17) is 17.3 Å². The lowest BCUT2D eigenvalue weighted by Crippen LogP contribution is -1.98. The molecule has 0 aliphatic carbocycles. The number of hydrogen-bond donors (Lipinski definition) is 2. The molecular weight excluding hydrogens is 330 g/mol. The Balaban J connectivity index is 1.91. The highest BCUT2D eigenvalue weighted by Crippen LogP contribution is 2.35. The highest BCUT2D eigenvalue weighted by Gasteiger charge is 2.15. The number of thioether (sulfide) groups is 1. The average Bonchev–Trinajstić information content (AvgIpc) is 2.89. The molecule has 5 nitrogen and oxygen atoms in total. The molecule has 0 spiro atoms. The van der Waals surface area contributed by atoms with Gasteiger partial charge in [0.1, 0.15) is 11.0 Å². The van der Waals surface area contributed by atoms with E-state index in [9.17, 15) is 0 Å². The molecule has 3 aromatic rings. The van der Waals surface area contributed by atoms with E-state index in [1.165, 1.54) is 28.8 Å². The van der Waals surface area contributed by atoms with E-state index in [2.05, 4.69) is 53.0 Å². The summed E-state index contributed by atoms with van der Waals surface area (Å²) in [5.41, 5.74) is 9.05. The maximum Gasteiger partial charge on any atom is 0.191 e. The second kappa shape index (κ2) is 6.37. The topological polar surface area (TPSA) is 80.5 Å². The van der Waals surface area contributed by atoms with Crippen molar-refractivity contribution >= 4 is 40.1 Å². The van der Waals surface area contributed by atoms with Crippen molar-refractivity contribution in [2.45, 2.75) is 37.1 Å². The van der Waals surface area contributed by atoms with Gasteiger partial charge in [0.05, 0.1) is 22.7 Å². The summed E-state index contributed by atoms with van der Waals surface area (Å²) in [5.74, 6) is 0.828. The number of anilines is 1. The number of hydrogen-bond acceptors (Lipinski definition) is 5. The number of nitrogens with zero attached hydrogens (tertiary/aromatic N) is 3. The third kappa shape index (κ3) is 3.43. The molecule has 0 fully saturated rings. The molecule has 0 radical (unpaired) electrons. The van der Waals surface area contributed by atoms with E-state index in [0.29, 0.717) is 22.0 Å². The molecule has 3 rings (SSSR count). The lowest BCUT2D eigenvalue weighted by molar-refractivity contribution is 0.875. The van der Waals surface area contributed by atoms with Crippen LogP contribution in [0.25, 0.3) is 10.9 Å². The molecule has 3 aromatic heterocycles. The van der Waals surface area contributed by atoms with Gasteiger partial charge in [0.25, 0.3) is 0 Å². The van der Waals surface area contributed by atoms with Gasteiger partial charge in [-0.15, -0.1) is 0 Å². The normalized spacial score (nSPS) is 12.9. The van der Waals surface area contributed by atoms with Crippen LogP contribution in [0.2, 0.25) is 5.15 Å². The van der Waals surface area contributed by atoms with E-state index in [1.807, 2.05) is 6.20 Å². The minimum absolute atomic E-state index is 0.0900. The molecule has 0 bridgehead atoms. The zero-order valence-corrected chi connectivity index (χ0v) is 14.7. The van der Waals surface area contributed by atoms with Crippen LogP contribution in [0.3, 0.4) is 0 Å². The summed E-state index contributed by atoms with van der Waals surface area (Å²) in [6, 6.07) is 3.67. The van der Waals surface area contributed by atoms with E-state index in [-0.39, 0.29) is 5.25 Å². The fourth-order valence-electron chi connectivity index (χ4n) is 2.44. The van der Waals surface area contributed by atoms with Crippen LogP contribution in [0.15, 0.2) is 29.7 Å². The third-order valence-electron chi connectivity index (χ3n) is 3.63. The standard InChI is InChI=1S/C16H18ClN5S/c1-8(2)11-6-19-13-7-20-12(4-10(11)13)9(3)23-16-21-14(17)5-15(18)22-16/h4-9,19H,1-3H3,(H2,18,21,22). The van der Waals surface area contributed by atoms with E-state index in [1.54, 1.807) is 0 Å². The first-order valence-corrected chi connectivity index (χ1v) is 8.63. The monoisotopic (exact) mass is 347 g/mol. The first-order chi connectivity index (χ1) is 10.9. The summed E-state index contributed by atoms with van der Waals surface area (Å²) >= 11 is 7.43. The second-order valence-corrected chi connectivity index (χ2v) is 7.41. The fraction of sp³-hybridized carbons (Fsp3) is 0.312. The van der Waals surface area contributed by atoms with E-state index in [0.717, 1.165) is 11.2 Å². The van der Waals surface area contributed by atoms with Gasteiger partial charge >= 0.3 is 0 Å². The van der Waals surface area contributed by atoms with Gasteiger partial charge < -0.3 is 10.7 Å². The van der Waals surface area contributed by atoms with Crippen molar-refractivity contribution in [3.05, 3.63) is 40.9 Å². The number of rotatable bonds is 4. The third-order valence-corrected chi connectivity index (χ3v) is 4.82. The Morgan fingerprint density at radius 3 is 2.70 bits per heavy atom. The summed E-state index contributed by atoms with van der Waals surface area (Å²) in [7, 11) is 0. The zero-order chi connectivity index (χ0) is 16.6. The highest BCUT2D eigenvalue weighted by molar-refractivity contribution is 7.99. The largest absolute Gasteiger partial charge is 0.384 e. The first kappa shape index (κ1) is 16.1. The van der Waals surface area contributed by atoms with Crippen LogP contribution in [0.5, 0.6) is 0 Å². The van der Waals surface area contributed by atoms with Gasteiger partial charge in [0.15, 0.2) is 5.16 Å².